The first kappa shape index (κ1) is 15.9. The zero-order chi connectivity index (χ0) is 17.6. The predicted molar refractivity (Wildman–Crippen MR) is 97.6 cm³/mol. The molecule has 1 aliphatic carbocycles. The van der Waals surface area contributed by atoms with Gasteiger partial charge in [-0.15, -0.1) is 0 Å². The maximum atomic E-state index is 12.6. The van der Waals surface area contributed by atoms with Gasteiger partial charge in [-0.2, -0.15) is 5.10 Å². The Balaban J connectivity index is 1.50. The minimum absolute atomic E-state index is 0.0246. The summed E-state index contributed by atoms with van der Waals surface area (Å²) in [6.07, 6.45) is 4.65. The number of nitrogens with zero attached hydrogens (tertiary/aromatic N) is 3. The molecule has 1 atom stereocenters. The van der Waals surface area contributed by atoms with Crippen LogP contribution in [-0.4, -0.2) is 25.7 Å². The molecule has 4 rings (SSSR count). The van der Waals surface area contributed by atoms with Gasteiger partial charge in [-0.3, -0.25) is 4.79 Å². The van der Waals surface area contributed by atoms with Gasteiger partial charge < -0.3 is 10.3 Å². The fourth-order valence-electron chi connectivity index (χ4n) is 3.35. The number of carbonyl (C=O) groups excluding carboxylic acids is 1. The molecule has 6 heteroatoms. The summed E-state index contributed by atoms with van der Waals surface area (Å²) >= 11 is 0. The first-order valence-corrected chi connectivity index (χ1v) is 8.80. The largest absolute Gasteiger partial charge is 0.342 e. The summed E-state index contributed by atoms with van der Waals surface area (Å²) in [5.74, 6) is 2.36. The van der Waals surface area contributed by atoms with Crippen LogP contribution in [0.25, 0.3) is 11.0 Å². The third-order valence-electron chi connectivity index (χ3n) is 4.96. The molecule has 6 nitrogen and oxygen atoms in total. The van der Waals surface area contributed by atoms with Gasteiger partial charge in [-0.1, -0.05) is 6.07 Å². The van der Waals surface area contributed by atoms with Gasteiger partial charge in [0.1, 0.15) is 11.6 Å². The van der Waals surface area contributed by atoms with E-state index in [1.807, 2.05) is 42.9 Å². The Morgan fingerprint density at radius 1 is 1.40 bits per heavy atom. The Morgan fingerprint density at radius 3 is 2.96 bits per heavy atom. The van der Waals surface area contributed by atoms with Gasteiger partial charge in [0.15, 0.2) is 0 Å². The van der Waals surface area contributed by atoms with E-state index in [-0.39, 0.29) is 5.91 Å². The number of aryl methyl sites for hydroxylation is 2. The molecular formula is C19H23N5O. The van der Waals surface area contributed by atoms with Crippen LogP contribution in [0.3, 0.4) is 0 Å². The number of H-pyrrole nitrogens is 1. The van der Waals surface area contributed by atoms with Crippen LogP contribution in [0.5, 0.6) is 0 Å². The lowest BCUT2D eigenvalue weighted by Gasteiger charge is -2.16. The van der Waals surface area contributed by atoms with E-state index in [1.165, 1.54) is 12.8 Å². The van der Waals surface area contributed by atoms with Gasteiger partial charge >= 0.3 is 0 Å². The highest BCUT2D eigenvalue weighted by Crippen LogP contribution is 2.40. The van der Waals surface area contributed by atoms with E-state index in [9.17, 15) is 4.79 Å². The lowest BCUT2D eigenvalue weighted by atomic mass is 10.1. The number of hydrogen-bond donors (Lipinski definition) is 2. The monoisotopic (exact) mass is 337 g/mol. The van der Waals surface area contributed by atoms with Crippen molar-refractivity contribution in [3.05, 3.63) is 41.3 Å². The number of imidazole rings is 1. The van der Waals surface area contributed by atoms with Crippen molar-refractivity contribution in [3.63, 3.8) is 0 Å². The number of hydrogen-bond acceptors (Lipinski definition) is 3. The molecule has 1 aliphatic rings. The molecule has 0 spiro atoms. The number of amides is 1. The summed E-state index contributed by atoms with van der Waals surface area (Å²) < 4.78 is 1.96. The molecule has 0 radical (unpaired) electrons. The third-order valence-corrected chi connectivity index (χ3v) is 4.96. The average molecular weight is 337 g/mol. The van der Waals surface area contributed by atoms with Gasteiger partial charge in [0.25, 0.3) is 0 Å². The number of aromatic nitrogens is 4. The van der Waals surface area contributed by atoms with Crippen LogP contribution in [0.15, 0.2) is 24.4 Å². The van der Waals surface area contributed by atoms with Crippen LogP contribution in [0.4, 0.5) is 5.82 Å². The predicted octanol–water partition coefficient (Wildman–Crippen LogP) is 3.53. The minimum atomic E-state index is -0.0246. The number of anilines is 1. The lowest BCUT2D eigenvalue weighted by molar-refractivity contribution is -0.115. The van der Waals surface area contributed by atoms with Crippen molar-refractivity contribution in [1.29, 1.82) is 0 Å². The van der Waals surface area contributed by atoms with Gasteiger partial charge in [-0.05, 0) is 57.2 Å². The molecule has 0 saturated heterocycles. The number of carbonyl (C=O) groups is 1. The molecule has 0 unspecified atom stereocenters. The van der Waals surface area contributed by atoms with E-state index in [0.717, 1.165) is 33.8 Å². The highest BCUT2D eigenvalue weighted by molar-refractivity contribution is 5.92. The SMILES string of the molecule is Cc1nc2ccc(CC(=O)Nc3c(C)cnn3[C@@H](C)C3CC3)cc2[nH]1. The van der Waals surface area contributed by atoms with Crippen LogP contribution in [-0.2, 0) is 11.2 Å². The van der Waals surface area contributed by atoms with Crippen molar-refractivity contribution in [1.82, 2.24) is 19.7 Å². The number of benzene rings is 1. The van der Waals surface area contributed by atoms with Crippen LogP contribution in [0, 0.1) is 19.8 Å². The maximum absolute atomic E-state index is 12.6. The second-order valence-electron chi connectivity index (χ2n) is 7.10. The summed E-state index contributed by atoms with van der Waals surface area (Å²) in [6.45, 7) is 6.09. The van der Waals surface area contributed by atoms with Crippen LogP contribution in [0.1, 0.15) is 42.8 Å². The zero-order valence-corrected chi connectivity index (χ0v) is 14.8. The summed E-state index contributed by atoms with van der Waals surface area (Å²) in [4.78, 5) is 20.2. The standard InChI is InChI=1S/C19H23N5O/c1-11-10-20-24(12(2)15-5-6-15)19(11)23-18(25)9-14-4-7-16-17(8-14)22-13(3)21-16/h4,7-8,10,12,15H,5-6,9H2,1-3H3,(H,21,22)(H,23,25)/t12-/m0/s1. The van der Waals surface area contributed by atoms with Crippen molar-refractivity contribution in [2.45, 2.75) is 46.1 Å². The molecule has 0 aliphatic heterocycles. The summed E-state index contributed by atoms with van der Waals surface area (Å²) in [7, 11) is 0. The fraction of sp³-hybridized carbons (Fsp3) is 0.421. The Bertz CT molecular complexity index is 935. The van der Waals surface area contributed by atoms with Gasteiger partial charge in [0.05, 0.1) is 29.7 Å². The molecule has 2 heterocycles. The van der Waals surface area contributed by atoms with E-state index in [4.69, 9.17) is 0 Å². The van der Waals surface area contributed by atoms with E-state index in [2.05, 4.69) is 27.3 Å². The van der Waals surface area contributed by atoms with Crippen molar-refractivity contribution >= 4 is 22.8 Å². The van der Waals surface area contributed by atoms with Gasteiger partial charge in [0.2, 0.25) is 5.91 Å². The molecule has 25 heavy (non-hydrogen) atoms. The van der Waals surface area contributed by atoms with Crippen molar-refractivity contribution in [2.75, 3.05) is 5.32 Å². The molecule has 0 bridgehead atoms. The quantitative estimate of drug-likeness (QED) is 0.748. The van der Waals surface area contributed by atoms with E-state index >= 15 is 0 Å². The normalized spacial score (nSPS) is 15.5. The smallest absolute Gasteiger partial charge is 0.229 e. The number of fused-ring (bicyclic) bond motifs is 1. The van der Waals surface area contributed by atoms with E-state index < -0.39 is 0 Å². The highest BCUT2D eigenvalue weighted by atomic mass is 16.1. The summed E-state index contributed by atoms with van der Waals surface area (Å²) in [5, 5.41) is 7.53. The topological polar surface area (TPSA) is 75.6 Å². The fourth-order valence-corrected chi connectivity index (χ4v) is 3.35. The molecule has 1 aromatic carbocycles. The first-order chi connectivity index (χ1) is 12.0. The number of nitrogens with one attached hydrogen (secondary N) is 2. The molecule has 2 N–H and O–H groups in total. The average Bonchev–Trinajstić information content (AvgIpc) is 3.27. The molecule has 2 aromatic heterocycles. The highest BCUT2D eigenvalue weighted by Gasteiger charge is 2.31. The van der Waals surface area contributed by atoms with Gasteiger partial charge in [0, 0.05) is 5.56 Å². The Labute approximate surface area is 146 Å². The molecule has 1 fully saturated rings. The van der Waals surface area contributed by atoms with E-state index in [0.29, 0.717) is 18.4 Å². The Kier molecular flexibility index (Phi) is 3.82. The van der Waals surface area contributed by atoms with Crippen LogP contribution >= 0.6 is 0 Å². The summed E-state index contributed by atoms with van der Waals surface area (Å²) in [6, 6.07) is 6.23. The second-order valence-corrected chi connectivity index (χ2v) is 7.10. The van der Waals surface area contributed by atoms with E-state index in [1.54, 1.807) is 0 Å². The van der Waals surface area contributed by atoms with Crippen LogP contribution < -0.4 is 5.32 Å². The second kappa shape index (κ2) is 6.02. The Hall–Kier alpha value is -2.63. The third kappa shape index (κ3) is 3.16. The lowest BCUT2D eigenvalue weighted by Crippen LogP contribution is -2.20. The number of rotatable bonds is 5. The first-order valence-electron chi connectivity index (χ1n) is 8.80. The van der Waals surface area contributed by atoms with Crippen LogP contribution in [0.2, 0.25) is 0 Å². The summed E-state index contributed by atoms with van der Waals surface area (Å²) in [5.41, 5.74) is 3.85. The molecule has 3 aromatic rings. The minimum Gasteiger partial charge on any atom is -0.342 e. The van der Waals surface area contributed by atoms with Crippen molar-refractivity contribution in [2.24, 2.45) is 5.92 Å². The zero-order valence-electron chi connectivity index (χ0n) is 14.8. The van der Waals surface area contributed by atoms with Crippen molar-refractivity contribution in [3.8, 4) is 0 Å². The molecule has 1 amide bonds. The van der Waals surface area contributed by atoms with Gasteiger partial charge in [-0.25, -0.2) is 9.67 Å². The molecule has 130 valence electrons. The maximum Gasteiger partial charge on any atom is 0.229 e. The molecular weight excluding hydrogens is 314 g/mol. The number of aromatic amines is 1. The van der Waals surface area contributed by atoms with Crippen molar-refractivity contribution < 1.29 is 4.79 Å². The molecule has 1 saturated carbocycles. The Morgan fingerprint density at radius 2 is 2.20 bits per heavy atom.